The average Bonchev–Trinajstić information content (AvgIpc) is 2.39. The lowest BCUT2D eigenvalue weighted by molar-refractivity contribution is 0.268. The summed E-state index contributed by atoms with van der Waals surface area (Å²) < 4.78 is 27.2. The van der Waals surface area contributed by atoms with E-state index in [1.807, 2.05) is 19.9 Å². The van der Waals surface area contributed by atoms with E-state index >= 15 is 0 Å². The summed E-state index contributed by atoms with van der Waals surface area (Å²) in [6.07, 6.45) is 2.99. The monoisotopic (exact) mass is 301 g/mol. The van der Waals surface area contributed by atoms with Crippen molar-refractivity contribution in [1.29, 1.82) is 0 Å². The molecular formula is C14H20ClNO2S. The number of rotatable bonds is 3. The Kier molecular flexibility index (Phi) is 4.54. The van der Waals surface area contributed by atoms with Crippen molar-refractivity contribution in [3.8, 4) is 0 Å². The highest BCUT2D eigenvalue weighted by molar-refractivity contribution is 7.89. The van der Waals surface area contributed by atoms with Crippen molar-refractivity contribution in [3.63, 3.8) is 0 Å². The maximum atomic E-state index is 12.8. The SMILES string of the molecule is Cc1c(CCl)cccc1S(=O)(=O)N1CCCCC1C. The Bertz CT molecular complexity index is 557. The Morgan fingerprint density at radius 1 is 1.37 bits per heavy atom. The van der Waals surface area contributed by atoms with Gasteiger partial charge in [-0.25, -0.2) is 8.42 Å². The lowest BCUT2D eigenvalue weighted by atomic mass is 10.1. The number of hydrogen-bond donors (Lipinski definition) is 0. The molecule has 1 saturated heterocycles. The Hall–Kier alpha value is -0.580. The number of alkyl halides is 1. The van der Waals surface area contributed by atoms with Crippen LogP contribution in [0.25, 0.3) is 0 Å². The molecule has 19 heavy (non-hydrogen) atoms. The van der Waals surface area contributed by atoms with Crippen LogP contribution in [-0.4, -0.2) is 25.3 Å². The van der Waals surface area contributed by atoms with E-state index in [9.17, 15) is 8.42 Å². The van der Waals surface area contributed by atoms with Crippen molar-refractivity contribution in [3.05, 3.63) is 29.3 Å². The quantitative estimate of drug-likeness (QED) is 0.803. The van der Waals surface area contributed by atoms with Crippen LogP contribution in [0.4, 0.5) is 0 Å². The summed E-state index contributed by atoms with van der Waals surface area (Å²) in [5, 5.41) is 0. The summed E-state index contributed by atoms with van der Waals surface area (Å²) in [4.78, 5) is 0.402. The lowest BCUT2D eigenvalue weighted by Gasteiger charge is -2.32. The van der Waals surface area contributed by atoms with E-state index in [0.29, 0.717) is 17.3 Å². The first-order chi connectivity index (χ1) is 8.98. The van der Waals surface area contributed by atoms with Crippen LogP contribution >= 0.6 is 11.6 Å². The molecule has 1 aromatic rings. The third kappa shape index (κ3) is 2.81. The van der Waals surface area contributed by atoms with Crippen molar-refractivity contribution >= 4 is 21.6 Å². The predicted molar refractivity (Wildman–Crippen MR) is 77.9 cm³/mol. The molecular weight excluding hydrogens is 282 g/mol. The molecule has 5 heteroatoms. The predicted octanol–water partition coefficient (Wildman–Crippen LogP) is 3.30. The Balaban J connectivity index is 2.44. The number of hydrogen-bond acceptors (Lipinski definition) is 2. The van der Waals surface area contributed by atoms with Gasteiger partial charge in [-0.2, -0.15) is 4.31 Å². The van der Waals surface area contributed by atoms with E-state index in [0.717, 1.165) is 30.4 Å². The molecule has 106 valence electrons. The van der Waals surface area contributed by atoms with Gasteiger partial charge in [-0.1, -0.05) is 18.6 Å². The van der Waals surface area contributed by atoms with Gasteiger partial charge in [0.25, 0.3) is 0 Å². The maximum absolute atomic E-state index is 12.8. The molecule has 0 radical (unpaired) electrons. The zero-order valence-corrected chi connectivity index (χ0v) is 13.0. The van der Waals surface area contributed by atoms with E-state index in [4.69, 9.17) is 11.6 Å². The highest BCUT2D eigenvalue weighted by Gasteiger charge is 2.32. The van der Waals surface area contributed by atoms with Gasteiger partial charge in [-0.05, 0) is 43.9 Å². The van der Waals surface area contributed by atoms with Gasteiger partial charge in [0.2, 0.25) is 10.0 Å². The van der Waals surface area contributed by atoms with Crippen LogP contribution in [0.15, 0.2) is 23.1 Å². The van der Waals surface area contributed by atoms with Crippen molar-refractivity contribution in [2.75, 3.05) is 6.54 Å². The second-order valence-electron chi connectivity index (χ2n) is 5.13. The molecule has 0 aliphatic carbocycles. The summed E-state index contributed by atoms with van der Waals surface area (Å²) in [6.45, 7) is 4.44. The molecule has 3 nitrogen and oxygen atoms in total. The highest BCUT2D eigenvalue weighted by Crippen LogP contribution is 2.28. The molecule has 0 aromatic heterocycles. The van der Waals surface area contributed by atoms with Gasteiger partial charge in [0.1, 0.15) is 0 Å². The summed E-state index contributed by atoms with van der Waals surface area (Å²) >= 11 is 5.86. The van der Waals surface area contributed by atoms with Crippen molar-refractivity contribution in [2.24, 2.45) is 0 Å². The standard InChI is InChI=1S/C14H20ClNO2S/c1-11-6-3-4-9-16(11)19(17,18)14-8-5-7-13(10-15)12(14)2/h5,7-8,11H,3-4,6,9-10H2,1-2H3. The fourth-order valence-electron chi connectivity index (χ4n) is 2.64. The molecule has 0 bridgehead atoms. The number of sulfonamides is 1. The van der Waals surface area contributed by atoms with Crippen LogP contribution in [0, 0.1) is 6.92 Å². The van der Waals surface area contributed by atoms with Gasteiger partial charge in [-0.3, -0.25) is 0 Å². The number of halogens is 1. The van der Waals surface area contributed by atoms with Crippen LogP contribution in [0.5, 0.6) is 0 Å². The van der Waals surface area contributed by atoms with Crippen LogP contribution in [0.2, 0.25) is 0 Å². The minimum Gasteiger partial charge on any atom is -0.207 e. The first kappa shape index (κ1) is 14.8. The van der Waals surface area contributed by atoms with E-state index in [1.54, 1.807) is 16.4 Å². The molecule has 1 fully saturated rings. The average molecular weight is 302 g/mol. The van der Waals surface area contributed by atoms with Gasteiger partial charge in [-0.15, -0.1) is 11.6 Å². The zero-order chi connectivity index (χ0) is 14.0. The van der Waals surface area contributed by atoms with E-state index < -0.39 is 10.0 Å². The van der Waals surface area contributed by atoms with Crippen LogP contribution in [0.3, 0.4) is 0 Å². The van der Waals surface area contributed by atoms with Gasteiger partial charge in [0, 0.05) is 18.5 Å². The Morgan fingerprint density at radius 2 is 2.11 bits per heavy atom. The minimum absolute atomic E-state index is 0.0813. The fourth-order valence-corrected chi connectivity index (χ4v) is 4.90. The van der Waals surface area contributed by atoms with E-state index in [2.05, 4.69) is 0 Å². The molecule has 0 N–H and O–H groups in total. The van der Waals surface area contributed by atoms with Gasteiger partial charge >= 0.3 is 0 Å². The minimum atomic E-state index is -3.40. The first-order valence-electron chi connectivity index (χ1n) is 6.64. The smallest absolute Gasteiger partial charge is 0.207 e. The summed E-state index contributed by atoms with van der Waals surface area (Å²) in [6, 6.07) is 5.41. The van der Waals surface area contributed by atoms with E-state index in [-0.39, 0.29) is 6.04 Å². The second-order valence-corrected chi connectivity index (χ2v) is 7.26. The first-order valence-corrected chi connectivity index (χ1v) is 8.62. The van der Waals surface area contributed by atoms with Crippen molar-refractivity contribution in [1.82, 2.24) is 4.31 Å². The number of piperidine rings is 1. The largest absolute Gasteiger partial charge is 0.243 e. The van der Waals surface area contributed by atoms with E-state index in [1.165, 1.54) is 0 Å². The van der Waals surface area contributed by atoms with Gasteiger partial charge in [0.05, 0.1) is 4.90 Å². The third-order valence-electron chi connectivity index (χ3n) is 3.87. The summed E-state index contributed by atoms with van der Waals surface area (Å²) in [5.74, 6) is 0.338. The second kappa shape index (κ2) is 5.81. The molecule has 0 amide bonds. The normalized spacial score (nSPS) is 21.5. The molecule has 0 spiro atoms. The number of nitrogens with zero attached hydrogens (tertiary/aromatic N) is 1. The summed E-state index contributed by atoms with van der Waals surface area (Å²) in [7, 11) is -3.40. The third-order valence-corrected chi connectivity index (χ3v) is 6.31. The van der Waals surface area contributed by atoms with Gasteiger partial charge in [0.15, 0.2) is 0 Å². The van der Waals surface area contributed by atoms with Crippen LogP contribution in [0.1, 0.15) is 37.3 Å². The lowest BCUT2D eigenvalue weighted by Crippen LogP contribution is -2.42. The molecule has 2 rings (SSSR count). The maximum Gasteiger partial charge on any atom is 0.243 e. The molecule has 1 aliphatic heterocycles. The zero-order valence-electron chi connectivity index (χ0n) is 11.4. The van der Waals surface area contributed by atoms with Crippen LogP contribution in [-0.2, 0) is 15.9 Å². The summed E-state index contributed by atoms with van der Waals surface area (Å²) in [5.41, 5.74) is 1.66. The Labute approximate surface area is 120 Å². The Morgan fingerprint density at radius 3 is 2.74 bits per heavy atom. The van der Waals surface area contributed by atoms with Crippen molar-refractivity contribution in [2.45, 2.75) is 49.9 Å². The van der Waals surface area contributed by atoms with Gasteiger partial charge < -0.3 is 0 Å². The number of benzene rings is 1. The highest BCUT2D eigenvalue weighted by atomic mass is 35.5. The van der Waals surface area contributed by atoms with Crippen LogP contribution < -0.4 is 0 Å². The topological polar surface area (TPSA) is 37.4 Å². The molecule has 0 saturated carbocycles. The molecule has 1 aromatic carbocycles. The van der Waals surface area contributed by atoms with Crippen molar-refractivity contribution < 1.29 is 8.42 Å². The molecule has 1 heterocycles. The fraction of sp³-hybridized carbons (Fsp3) is 0.571. The molecule has 1 atom stereocenters. The molecule has 1 aliphatic rings. The molecule has 1 unspecified atom stereocenters.